The van der Waals surface area contributed by atoms with Crippen molar-refractivity contribution in [2.24, 2.45) is 0 Å². The van der Waals surface area contributed by atoms with Gasteiger partial charge in [-0.3, -0.25) is 18.8 Å². The number of carbonyl (C=O) groups is 2. The van der Waals surface area contributed by atoms with E-state index in [0.29, 0.717) is 13.1 Å². The number of nitrogens with zero attached hydrogens (tertiary/aromatic N) is 1. The van der Waals surface area contributed by atoms with Crippen LogP contribution in [0, 0.1) is 0 Å². The van der Waals surface area contributed by atoms with Crippen LogP contribution in [0.2, 0.25) is 0 Å². The van der Waals surface area contributed by atoms with Crippen LogP contribution in [0.15, 0.2) is 0 Å². The molecule has 0 saturated carbocycles. The van der Waals surface area contributed by atoms with Crippen molar-refractivity contribution in [3.8, 4) is 0 Å². The summed E-state index contributed by atoms with van der Waals surface area (Å²) in [6, 6.07) is -0.482. The Bertz CT molecular complexity index is 277. The van der Waals surface area contributed by atoms with Crippen LogP contribution < -0.4 is 5.32 Å². The predicted molar refractivity (Wildman–Crippen MR) is 51.1 cm³/mol. The van der Waals surface area contributed by atoms with Crippen LogP contribution in [0.5, 0.6) is 0 Å². The van der Waals surface area contributed by atoms with E-state index in [-0.39, 0.29) is 0 Å². The zero-order valence-electron chi connectivity index (χ0n) is 7.97. The summed E-state index contributed by atoms with van der Waals surface area (Å²) in [6.07, 6.45) is 1.86. The number of urea groups is 1. The van der Waals surface area contributed by atoms with E-state index in [4.69, 9.17) is 4.55 Å². The number of nitrogens with one attached hydrogen (secondary N) is 1. The van der Waals surface area contributed by atoms with E-state index in [1.807, 2.05) is 0 Å². The number of carbonyl (C=O) groups excluding carboxylic acids is 2. The second kappa shape index (κ2) is 5.79. The molecule has 15 heavy (non-hydrogen) atoms. The Labute approximate surface area is 89.3 Å². The highest BCUT2D eigenvalue weighted by atomic mass is 32.2. The van der Waals surface area contributed by atoms with E-state index >= 15 is 0 Å². The van der Waals surface area contributed by atoms with Gasteiger partial charge >= 0.3 is 17.4 Å². The van der Waals surface area contributed by atoms with Crippen LogP contribution in [0.1, 0.15) is 12.8 Å². The monoisotopic (exact) mass is 236 g/mol. The molecule has 0 bridgehead atoms. The number of imide groups is 1. The first-order chi connectivity index (χ1) is 7.09. The van der Waals surface area contributed by atoms with Crippen molar-refractivity contribution in [1.29, 1.82) is 0 Å². The summed E-state index contributed by atoms with van der Waals surface area (Å²) >= 11 is -2.49. The highest BCUT2D eigenvalue weighted by Gasteiger charge is 2.19. The second-order valence-corrected chi connectivity index (χ2v) is 3.70. The van der Waals surface area contributed by atoms with Crippen molar-refractivity contribution in [2.75, 3.05) is 19.7 Å². The zero-order chi connectivity index (χ0) is 11.3. The largest absolute Gasteiger partial charge is 0.324 e. The second-order valence-electron chi connectivity index (χ2n) is 3.03. The molecule has 1 aliphatic heterocycles. The third-order valence-corrected chi connectivity index (χ3v) is 2.25. The van der Waals surface area contributed by atoms with Crippen molar-refractivity contribution in [3.63, 3.8) is 0 Å². The summed E-state index contributed by atoms with van der Waals surface area (Å²) in [4.78, 5) is 23.8. The van der Waals surface area contributed by atoms with Crippen molar-refractivity contribution in [1.82, 2.24) is 10.2 Å². The molecule has 8 heteroatoms. The van der Waals surface area contributed by atoms with Crippen molar-refractivity contribution in [2.45, 2.75) is 12.8 Å². The lowest BCUT2D eigenvalue weighted by molar-refractivity contribution is -0.122. The molecule has 0 aromatic rings. The standard InChI is InChI=1S/C7H12N2O5S/c10-6(5-14-15(12)13)8-7(11)9-3-1-2-4-9/h1-5H2,(H,12,13)(H,8,10,11). The minimum Gasteiger partial charge on any atom is -0.324 e. The summed E-state index contributed by atoms with van der Waals surface area (Å²) in [5.74, 6) is -0.727. The van der Waals surface area contributed by atoms with Gasteiger partial charge in [0.05, 0.1) is 0 Å². The van der Waals surface area contributed by atoms with Gasteiger partial charge in [0.2, 0.25) is 0 Å². The first-order valence-electron chi connectivity index (χ1n) is 4.42. The van der Waals surface area contributed by atoms with Crippen molar-refractivity contribution >= 4 is 23.3 Å². The average molecular weight is 236 g/mol. The molecule has 1 atom stereocenters. The number of hydrogen-bond acceptors (Lipinski definition) is 4. The molecule has 3 amide bonds. The highest BCUT2D eigenvalue weighted by Crippen LogP contribution is 2.06. The van der Waals surface area contributed by atoms with Gasteiger partial charge in [0.15, 0.2) is 0 Å². The normalized spacial score (nSPS) is 17.5. The van der Waals surface area contributed by atoms with E-state index in [0.717, 1.165) is 12.8 Å². The van der Waals surface area contributed by atoms with E-state index < -0.39 is 29.9 Å². The van der Waals surface area contributed by atoms with Crippen LogP contribution in [-0.2, 0) is 20.3 Å². The van der Waals surface area contributed by atoms with Gasteiger partial charge in [0, 0.05) is 13.1 Å². The maximum Gasteiger partial charge on any atom is 0.324 e. The quantitative estimate of drug-likeness (QED) is 0.642. The van der Waals surface area contributed by atoms with E-state index in [1.165, 1.54) is 4.90 Å². The highest BCUT2D eigenvalue weighted by molar-refractivity contribution is 7.74. The topological polar surface area (TPSA) is 95.9 Å². The Morgan fingerprint density at radius 3 is 2.53 bits per heavy atom. The minimum absolute atomic E-state index is 0.482. The molecule has 1 rings (SSSR count). The lowest BCUT2D eigenvalue weighted by atomic mass is 10.4. The van der Waals surface area contributed by atoms with Gasteiger partial charge in [0.1, 0.15) is 6.61 Å². The van der Waals surface area contributed by atoms with Gasteiger partial charge in [-0.2, -0.15) is 4.21 Å². The summed E-state index contributed by atoms with van der Waals surface area (Å²) in [5, 5.41) is 2.05. The molecule has 2 N–H and O–H groups in total. The van der Waals surface area contributed by atoms with Crippen LogP contribution in [-0.4, -0.2) is 45.3 Å². The predicted octanol–water partition coefficient (Wildman–Crippen LogP) is -0.528. The molecule has 1 aliphatic rings. The molecule has 1 heterocycles. The molecule has 1 saturated heterocycles. The Kier molecular flexibility index (Phi) is 4.66. The fourth-order valence-electron chi connectivity index (χ4n) is 1.26. The third-order valence-electron chi connectivity index (χ3n) is 1.93. The van der Waals surface area contributed by atoms with E-state index in [9.17, 15) is 13.8 Å². The lowest BCUT2D eigenvalue weighted by Crippen LogP contribution is -2.42. The van der Waals surface area contributed by atoms with Crippen molar-refractivity contribution in [3.05, 3.63) is 0 Å². The molecule has 0 aromatic heterocycles. The first-order valence-corrected chi connectivity index (χ1v) is 5.45. The molecule has 7 nitrogen and oxygen atoms in total. The molecular weight excluding hydrogens is 224 g/mol. The smallest absolute Gasteiger partial charge is 0.324 e. The summed E-state index contributed by atoms with van der Waals surface area (Å²) in [6.45, 7) is 0.653. The molecule has 0 radical (unpaired) electrons. The van der Waals surface area contributed by atoms with Gasteiger partial charge in [-0.1, -0.05) is 0 Å². The van der Waals surface area contributed by atoms with Crippen LogP contribution in [0.4, 0.5) is 4.79 Å². The van der Waals surface area contributed by atoms with Crippen LogP contribution >= 0.6 is 0 Å². The molecular formula is C7H12N2O5S. The number of likely N-dealkylation sites (tertiary alicyclic amines) is 1. The maximum absolute atomic E-state index is 11.3. The van der Waals surface area contributed by atoms with Crippen molar-refractivity contribution < 1.29 is 22.5 Å². The summed E-state index contributed by atoms with van der Waals surface area (Å²) in [7, 11) is 0. The van der Waals surface area contributed by atoms with E-state index in [2.05, 4.69) is 9.50 Å². The molecule has 0 aromatic carbocycles. The fraction of sp³-hybridized carbons (Fsp3) is 0.714. The SMILES string of the molecule is O=C(COS(=O)O)NC(=O)N1CCCC1. The van der Waals surface area contributed by atoms with Gasteiger partial charge in [-0.05, 0) is 12.8 Å². The molecule has 1 fully saturated rings. The molecule has 86 valence electrons. The van der Waals surface area contributed by atoms with Gasteiger partial charge in [-0.15, -0.1) is 0 Å². The molecule has 1 unspecified atom stereocenters. The summed E-state index contributed by atoms with van der Waals surface area (Å²) in [5.41, 5.74) is 0. The fourth-order valence-corrected chi connectivity index (χ4v) is 1.47. The first kappa shape index (κ1) is 12.1. The van der Waals surface area contributed by atoms with Crippen LogP contribution in [0.3, 0.4) is 0 Å². The van der Waals surface area contributed by atoms with Gasteiger partial charge in [0.25, 0.3) is 5.91 Å². The number of hydrogen-bond donors (Lipinski definition) is 2. The van der Waals surface area contributed by atoms with Crippen LogP contribution in [0.25, 0.3) is 0 Å². The summed E-state index contributed by atoms with van der Waals surface area (Å²) < 4.78 is 22.4. The zero-order valence-corrected chi connectivity index (χ0v) is 8.79. The third kappa shape index (κ3) is 4.36. The van der Waals surface area contributed by atoms with Gasteiger partial charge < -0.3 is 4.90 Å². The number of rotatable bonds is 3. The lowest BCUT2D eigenvalue weighted by Gasteiger charge is -2.14. The Balaban J connectivity index is 2.24. The maximum atomic E-state index is 11.3. The minimum atomic E-state index is -2.49. The Hall–Kier alpha value is -0.990. The van der Waals surface area contributed by atoms with E-state index in [1.54, 1.807) is 0 Å². The number of amides is 3. The molecule has 0 aliphatic carbocycles. The Morgan fingerprint density at radius 2 is 2.00 bits per heavy atom. The Morgan fingerprint density at radius 1 is 1.40 bits per heavy atom. The average Bonchev–Trinajstić information content (AvgIpc) is 2.67. The molecule has 0 spiro atoms. The van der Waals surface area contributed by atoms with Gasteiger partial charge in [-0.25, -0.2) is 4.79 Å².